The monoisotopic (exact) mass is 233 g/mol. The summed E-state index contributed by atoms with van der Waals surface area (Å²) in [5.41, 5.74) is 0. The molecular formula is C9H19N3O2S. The summed E-state index contributed by atoms with van der Waals surface area (Å²) in [5, 5.41) is 8.48. The minimum absolute atomic E-state index is 0.0758. The molecular weight excluding hydrogens is 214 g/mol. The molecule has 0 unspecified atom stereocenters. The number of nitrogens with zero attached hydrogens (tertiary/aromatic N) is 1. The van der Waals surface area contributed by atoms with E-state index in [4.69, 9.17) is 5.14 Å². The van der Waals surface area contributed by atoms with E-state index in [2.05, 4.69) is 10.2 Å². The van der Waals surface area contributed by atoms with Gasteiger partial charge in [-0.25, -0.2) is 13.6 Å². The summed E-state index contributed by atoms with van der Waals surface area (Å²) in [6.45, 7) is 3.67. The summed E-state index contributed by atoms with van der Waals surface area (Å²) in [5.74, 6) is 0.783. The van der Waals surface area contributed by atoms with Gasteiger partial charge in [-0.2, -0.15) is 0 Å². The number of nitrogens with one attached hydrogen (secondary N) is 1. The van der Waals surface area contributed by atoms with Crippen LogP contribution < -0.4 is 10.5 Å². The van der Waals surface area contributed by atoms with E-state index in [-0.39, 0.29) is 5.75 Å². The molecule has 88 valence electrons. The highest BCUT2D eigenvalue weighted by Crippen LogP contribution is 2.24. The number of primary sulfonamides is 1. The van der Waals surface area contributed by atoms with Gasteiger partial charge < -0.3 is 10.2 Å². The lowest BCUT2D eigenvalue weighted by molar-refractivity contribution is 0.331. The van der Waals surface area contributed by atoms with E-state index in [9.17, 15) is 8.42 Å². The zero-order valence-electron chi connectivity index (χ0n) is 8.85. The smallest absolute Gasteiger partial charge is 0.210 e. The lowest BCUT2D eigenvalue weighted by atomic mass is 9.94. The molecule has 0 aromatic carbocycles. The highest BCUT2D eigenvalue weighted by atomic mass is 32.2. The van der Waals surface area contributed by atoms with Crippen molar-refractivity contribution < 1.29 is 8.42 Å². The predicted molar refractivity (Wildman–Crippen MR) is 58.9 cm³/mol. The maximum Gasteiger partial charge on any atom is 0.210 e. The van der Waals surface area contributed by atoms with Gasteiger partial charge in [-0.15, -0.1) is 0 Å². The van der Waals surface area contributed by atoms with Crippen LogP contribution in [0.2, 0.25) is 0 Å². The third-order valence-corrected chi connectivity index (χ3v) is 4.12. The quantitative estimate of drug-likeness (QED) is 0.653. The molecule has 5 nitrogen and oxygen atoms in total. The molecule has 0 aliphatic carbocycles. The topological polar surface area (TPSA) is 75.4 Å². The summed E-state index contributed by atoms with van der Waals surface area (Å²) in [6.07, 6.45) is 2.51. The number of rotatable bonds is 3. The molecule has 6 heteroatoms. The Bertz CT molecular complexity index is 303. The fourth-order valence-corrected chi connectivity index (χ4v) is 3.09. The molecule has 2 heterocycles. The molecule has 3 N–H and O–H groups in total. The minimum atomic E-state index is -3.31. The highest BCUT2D eigenvalue weighted by molar-refractivity contribution is 7.89. The number of hydrogen-bond acceptors (Lipinski definition) is 4. The van der Waals surface area contributed by atoms with Crippen LogP contribution in [0.25, 0.3) is 0 Å². The SMILES string of the molecule is NS(=O)(=O)CCN1C[C@@H]2CCCN[C@@H]2C1. The Morgan fingerprint density at radius 3 is 2.87 bits per heavy atom. The van der Waals surface area contributed by atoms with Crippen LogP contribution in [0.4, 0.5) is 0 Å². The van der Waals surface area contributed by atoms with Gasteiger partial charge >= 0.3 is 0 Å². The van der Waals surface area contributed by atoms with Crippen molar-refractivity contribution in [2.45, 2.75) is 18.9 Å². The Kier molecular flexibility index (Phi) is 3.30. The summed E-state index contributed by atoms with van der Waals surface area (Å²) in [4.78, 5) is 2.21. The largest absolute Gasteiger partial charge is 0.312 e. The molecule has 2 atom stereocenters. The van der Waals surface area contributed by atoms with Crippen LogP contribution in [-0.4, -0.2) is 51.3 Å². The highest BCUT2D eigenvalue weighted by Gasteiger charge is 2.33. The van der Waals surface area contributed by atoms with Gasteiger partial charge in [0.05, 0.1) is 5.75 Å². The molecule has 2 aliphatic rings. The standard InChI is InChI=1S/C9H19N3O2S/c10-15(13,14)5-4-12-6-8-2-1-3-11-9(8)7-12/h8-9,11H,1-7H2,(H2,10,13,14)/t8-,9+/m0/s1. The maximum atomic E-state index is 10.8. The fourth-order valence-electron chi connectivity index (χ4n) is 2.57. The third kappa shape index (κ3) is 3.14. The van der Waals surface area contributed by atoms with Crippen molar-refractivity contribution in [2.75, 3.05) is 31.9 Å². The predicted octanol–water partition coefficient (Wildman–Crippen LogP) is -1.04. The van der Waals surface area contributed by atoms with E-state index in [1.54, 1.807) is 0 Å². The van der Waals surface area contributed by atoms with Crippen LogP contribution in [0.1, 0.15) is 12.8 Å². The fraction of sp³-hybridized carbons (Fsp3) is 1.00. The summed E-state index contributed by atoms with van der Waals surface area (Å²) >= 11 is 0. The van der Waals surface area contributed by atoms with Crippen molar-refractivity contribution in [2.24, 2.45) is 11.1 Å². The summed E-state index contributed by atoms with van der Waals surface area (Å²) in [7, 11) is -3.31. The molecule has 15 heavy (non-hydrogen) atoms. The van der Waals surface area contributed by atoms with E-state index >= 15 is 0 Å². The molecule has 0 aromatic heterocycles. The Morgan fingerprint density at radius 1 is 1.40 bits per heavy atom. The van der Waals surface area contributed by atoms with Gasteiger partial charge in [0.25, 0.3) is 0 Å². The van der Waals surface area contributed by atoms with Crippen LogP contribution in [0, 0.1) is 5.92 Å². The minimum Gasteiger partial charge on any atom is -0.312 e. The summed E-state index contributed by atoms with van der Waals surface area (Å²) in [6, 6.07) is 0.569. The molecule has 0 bridgehead atoms. The van der Waals surface area contributed by atoms with Gasteiger partial charge in [0.1, 0.15) is 0 Å². The molecule has 2 rings (SSSR count). The lowest BCUT2D eigenvalue weighted by Gasteiger charge is -2.24. The molecule has 0 saturated carbocycles. The molecule has 0 spiro atoms. The third-order valence-electron chi connectivity index (χ3n) is 3.37. The Morgan fingerprint density at radius 2 is 2.20 bits per heavy atom. The van der Waals surface area contributed by atoms with Gasteiger partial charge in [0.15, 0.2) is 0 Å². The first-order chi connectivity index (χ1) is 7.04. The van der Waals surface area contributed by atoms with E-state index < -0.39 is 10.0 Å². The molecule has 0 radical (unpaired) electrons. The van der Waals surface area contributed by atoms with Crippen molar-refractivity contribution in [3.8, 4) is 0 Å². The number of piperidine rings is 1. The number of likely N-dealkylation sites (tertiary alicyclic amines) is 1. The van der Waals surface area contributed by atoms with Crippen molar-refractivity contribution in [1.29, 1.82) is 0 Å². The molecule has 2 saturated heterocycles. The van der Waals surface area contributed by atoms with Gasteiger partial charge in [0.2, 0.25) is 10.0 Å². The van der Waals surface area contributed by atoms with Gasteiger partial charge in [-0.3, -0.25) is 0 Å². The van der Waals surface area contributed by atoms with Crippen molar-refractivity contribution >= 4 is 10.0 Å². The van der Waals surface area contributed by atoms with Gasteiger partial charge in [0, 0.05) is 25.7 Å². The number of sulfonamides is 1. The van der Waals surface area contributed by atoms with Gasteiger partial charge in [-0.05, 0) is 25.3 Å². The second-order valence-electron chi connectivity index (χ2n) is 4.59. The van der Waals surface area contributed by atoms with Crippen molar-refractivity contribution in [1.82, 2.24) is 10.2 Å². The second-order valence-corrected chi connectivity index (χ2v) is 6.32. The first-order valence-corrected chi connectivity index (χ1v) is 7.22. The number of nitrogens with two attached hydrogens (primary N) is 1. The molecule has 0 aromatic rings. The maximum absolute atomic E-state index is 10.8. The molecule has 0 amide bonds. The Hall–Kier alpha value is -0.170. The Labute approximate surface area is 91.1 Å². The van der Waals surface area contributed by atoms with E-state index in [1.165, 1.54) is 12.8 Å². The van der Waals surface area contributed by atoms with Crippen LogP contribution >= 0.6 is 0 Å². The van der Waals surface area contributed by atoms with Gasteiger partial charge in [-0.1, -0.05) is 0 Å². The average molecular weight is 233 g/mol. The molecule has 2 fully saturated rings. The first-order valence-electron chi connectivity index (χ1n) is 5.51. The number of fused-ring (bicyclic) bond motifs is 1. The normalized spacial score (nSPS) is 32.9. The van der Waals surface area contributed by atoms with E-state index in [1.807, 2.05) is 0 Å². The lowest BCUT2D eigenvalue weighted by Crippen LogP contribution is -2.40. The molecule has 2 aliphatic heterocycles. The van der Waals surface area contributed by atoms with Crippen LogP contribution in [0.15, 0.2) is 0 Å². The van der Waals surface area contributed by atoms with E-state index in [0.29, 0.717) is 18.5 Å². The Balaban J connectivity index is 1.81. The second kappa shape index (κ2) is 4.37. The van der Waals surface area contributed by atoms with Crippen LogP contribution in [0.3, 0.4) is 0 Å². The van der Waals surface area contributed by atoms with Crippen molar-refractivity contribution in [3.05, 3.63) is 0 Å². The van der Waals surface area contributed by atoms with Crippen LogP contribution in [-0.2, 0) is 10.0 Å². The first kappa shape index (κ1) is 11.3. The number of hydrogen-bond donors (Lipinski definition) is 2. The van der Waals surface area contributed by atoms with Crippen molar-refractivity contribution in [3.63, 3.8) is 0 Å². The summed E-state index contributed by atoms with van der Waals surface area (Å²) < 4.78 is 21.7. The average Bonchev–Trinajstić information content (AvgIpc) is 2.56. The zero-order valence-corrected chi connectivity index (χ0v) is 9.67. The zero-order chi connectivity index (χ0) is 10.9. The van der Waals surface area contributed by atoms with E-state index in [0.717, 1.165) is 19.6 Å². The van der Waals surface area contributed by atoms with Crippen LogP contribution in [0.5, 0.6) is 0 Å².